The molecule has 1 aliphatic heterocycles. The first-order chi connectivity index (χ1) is 14.5. The molecule has 0 radical (unpaired) electrons. The minimum Gasteiger partial charge on any atom is -0.491 e. The molecule has 5 heteroatoms. The van der Waals surface area contributed by atoms with Crippen molar-refractivity contribution in [3.63, 3.8) is 0 Å². The number of fused-ring (bicyclic) bond motifs is 1. The topological polar surface area (TPSA) is 45.3 Å². The molecule has 3 aromatic rings. The number of benzene rings is 2. The molecule has 0 saturated heterocycles. The van der Waals surface area contributed by atoms with Gasteiger partial charge in [-0.3, -0.25) is 4.79 Å². The molecule has 0 saturated carbocycles. The summed E-state index contributed by atoms with van der Waals surface area (Å²) in [6.45, 7) is 5.28. The number of halogens is 1. The average molecular weight is 421 g/mol. The second kappa shape index (κ2) is 8.80. The number of hydrogen-bond donors (Lipinski definition) is 1. The van der Waals surface area contributed by atoms with Crippen LogP contribution in [0.15, 0.2) is 60.8 Å². The third-order valence-corrected chi connectivity index (χ3v) is 5.39. The van der Waals surface area contributed by atoms with E-state index in [9.17, 15) is 4.79 Å². The van der Waals surface area contributed by atoms with Gasteiger partial charge in [0.1, 0.15) is 5.75 Å². The van der Waals surface area contributed by atoms with E-state index in [2.05, 4.69) is 11.1 Å². The maximum atomic E-state index is 12.6. The molecule has 0 aliphatic carbocycles. The van der Waals surface area contributed by atoms with Crippen LogP contribution in [0.3, 0.4) is 0 Å². The Morgan fingerprint density at radius 2 is 2.10 bits per heavy atom. The van der Waals surface area contributed by atoms with Crippen LogP contribution in [0.4, 0.5) is 0 Å². The Labute approximate surface area is 181 Å². The number of rotatable bonds is 5. The Hall–Kier alpha value is -2.98. The van der Waals surface area contributed by atoms with E-state index in [1.807, 2.05) is 73.5 Å². The average Bonchev–Trinajstić information content (AvgIpc) is 3.15. The van der Waals surface area contributed by atoms with Crippen LogP contribution in [-0.2, 0) is 4.79 Å². The van der Waals surface area contributed by atoms with Crippen molar-refractivity contribution in [3.8, 4) is 5.75 Å². The molecule has 1 aliphatic rings. The molecule has 154 valence electrons. The van der Waals surface area contributed by atoms with Crippen molar-refractivity contribution in [3.05, 3.63) is 77.0 Å². The molecule has 0 spiro atoms. The van der Waals surface area contributed by atoms with Gasteiger partial charge in [0.05, 0.1) is 6.10 Å². The zero-order valence-electron chi connectivity index (χ0n) is 17.2. The van der Waals surface area contributed by atoms with Crippen LogP contribution >= 0.6 is 11.6 Å². The van der Waals surface area contributed by atoms with Gasteiger partial charge in [-0.15, -0.1) is 0 Å². The van der Waals surface area contributed by atoms with Crippen molar-refractivity contribution < 1.29 is 9.53 Å². The van der Waals surface area contributed by atoms with Crippen molar-refractivity contribution in [2.24, 2.45) is 0 Å². The maximum Gasteiger partial charge on any atom is 0.246 e. The summed E-state index contributed by atoms with van der Waals surface area (Å²) in [5.74, 6) is 0.825. The Morgan fingerprint density at radius 1 is 1.23 bits per heavy atom. The van der Waals surface area contributed by atoms with E-state index in [-0.39, 0.29) is 12.0 Å². The highest BCUT2D eigenvalue weighted by molar-refractivity contribution is 6.31. The van der Waals surface area contributed by atoms with Crippen LogP contribution in [0.1, 0.15) is 31.4 Å². The third kappa shape index (κ3) is 4.60. The van der Waals surface area contributed by atoms with Crippen molar-refractivity contribution in [1.82, 2.24) is 9.88 Å². The molecule has 1 amide bonds. The zero-order valence-corrected chi connectivity index (χ0v) is 17.9. The van der Waals surface area contributed by atoms with Gasteiger partial charge >= 0.3 is 0 Å². The number of hydrogen-bond acceptors (Lipinski definition) is 2. The Morgan fingerprint density at radius 3 is 2.87 bits per heavy atom. The predicted molar refractivity (Wildman–Crippen MR) is 124 cm³/mol. The lowest BCUT2D eigenvalue weighted by atomic mass is 9.99. The maximum absolute atomic E-state index is 12.6. The van der Waals surface area contributed by atoms with Crippen LogP contribution in [0.25, 0.3) is 22.6 Å². The Kier molecular flexibility index (Phi) is 5.96. The van der Waals surface area contributed by atoms with Gasteiger partial charge in [-0.25, -0.2) is 0 Å². The minimum atomic E-state index is 0.0162. The zero-order chi connectivity index (χ0) is 21.1. The van der Waals surface area contributed by atoms with E-state index in [0.29, 0.717) is 13.1 Å². The molecule has 4 nitrogen and oxygen atoms in total. The standard InChI is InChI=1S/C25H25ClN2O2/c1-17(2)30-21-5-3-4-18(14-21)6-9-25(29)28-12-10-19(11-13-28)23-16-27-24-8-7-20(26)15-22(23)24/h3-10,14-17,27H,11-13H2,1-2H3/b9-6+. The second-order valence-electron chi connectivity index (χ2n) is 7.73. The van der Waals surface area contributed by atoms with Gasteiger partial charge in [-0.2, -0.15) is 0 Å². The summed E-state index contributed by atoms with van der Waals surface area (Å²) < 4.78 is 5.72. The molecule has 30 heavy (non-hydrogen) atoms. The monoisotopic (exact) mass is 420 g/mol. The highest BCUT2D eigenvalue weighted by Gasteiger charge is 2.18. The first-order valence-electron chi connectivity index (χ1n) is 10.2. The van der Waals surface area contributed by atoms with E-state index in [4.69, 9.17) is 16.3 Å². The molecular formula is C25H25ClN2O2. The van der Waals surface area contributed by atoms with Gasteiger partial charge in [0.25, 0.3) is 0 Å². The fourth-order valence-electron chi connectivity index (χ4n) is 3.71. The summed E-state index contributed by atoms with van der Waals surface area (Å²) in [6, 6.07) is 13.6. The molecule has 0 fully saturated rings. The Bertz CT molecular complexity index is 1130. The first kappa shape index (κ1) is 20.3. The summed E-state index contributed by atoms with van der Waals surface area (Å²) in [5.41, 5.74) is 4.43. The van der Waals surface area contributed by atoms with Gasteiger partial charge in [0, 0.05) is 46.9 Å². The molecule has 2 heterocycles. The second-order valence-corrected chi connectivity index (χ2v) is 8.16. The summed E-state index contributed by atoms with van der Waals surface area (Å²) in [7, 11) is 0. The van der Waals surface area contributed by atoms with Gasteiger partial charge in [-0.1, -0.05) is 29.8 Å². The molecule has 0 atom stereocenters. The number of H-pyrrole nitrogens is 1. The third-order valence-electron chi connectivity index (χ3n) is 5.16. The molecule has 1 N–H and O–H groups in total. The summed E-state index contributed by atoms with van der Waals surface area (Å²) in [5, 5.41) is 1.85. The predicted octanol–water partition coefficient (Wildman–Crippen LogP) is 5.94. The largest absolute Gasteiger partial charge is 0.491 e. The van der Waals surface area contributed by atoms with Crippen LogP contribution in [-0.4, -0.2) is 35.0 Å². The van der Waals surface area contributed by atoms with E-state index in [1.165, 1.54) is 5.57 Å². The number of ether oxygens (including phenoxy) is 1. The molecular weight excluding hydrogens is 396 g/mol. The molecule has 0 unspecified atom stereocenters. The lowest BCUT2D eigenvalue weighted by Gasteiger charge is -2.25. The number of nitrogens with zero attached hydrogens (tertiary/aromatic N) is 1. The molecule has 1 aromatic heterocycles. The summed E-state index contributed by atoms with van der Waals surface area (Å²) in [6.07, 6.45) is 8.58. The van der Waals surface area contributed by atoms with Crippen LogP contribution in [0.2, 0.25) is 5.02 Å². The van der Waals surface area contributed by atoms with Crippen molar-refractivity contribution >= 4 is 40.1 Å². The van der Waals surface area contributed by atoms with Gasteiger partial charge < -0.3 is 14.6 Å². The smallest absolute Gasteiger partial charge is 0.246 e. The number of aromatic nitrogens is 1. The highest BCUT2D eigenvalue weighted by atomic mass is 35.5. The fourth-order valence-corrected chi connectivity index (χ4v) is 3.88. The first-order valence-corrected chi connectivity index (χ1v) is 10.6. The lowest BCUT2D eigenvalue weighted by molar-refractivity contribution is -0.125. The molecule has 2 aromatic carbocycles. The number of aromatic amines is 1. The van der Waals surface area contributed by atoms with Crippen molar-refractivity contribution in [2.45, 2.75) is 26.4 Å². The van der Waals surface area contributed by atoms with Crippen molar-refractivity contribution in [2.75, 3.05) is 13.1 Å². The normalized spacial score (nSPS) is 14.5. The van der Waals surface area contributed by atoms with E-state index >= 15 is 0 Å². The minimum absolute atomic E-state index is 0.0162. The fraction of sp³-hybridized carbons (Fsp3) is 0.240. The van der Waals surface area contributed by atoms with E-state index in [0.717, 1.165) is 39.2 Å². The van der Waals surface area contributed by atoms with Crippen LogP contribution in [0.5, 0.6) is 5.75 Å². The van der Waals surface area contributed by atoms with Crippen molar-refractivity contribution in [1.29, 1.82) is 0 Å². The number of nitrogens with one attached hydrogen (secondary N) is 1. The van der Waals surface area contributed by atoms with Gasteiger partial charge in [-0.05, 0) is 67.8 Å². The number of amides is 1. The van der Waals surface area contributed by atoms with Gasteiger partial charge in [0.2, 0.25) is 5.91 Å². The van der Waals surface area contributed by atoms with E-state index < -0.39 is 0 Å². The number of carbonyl (C=O) groups is 1. The lowest BCUT2D eigenvalue weighted by Crippen LogP contribution is -2.33. The quantitative estimate of drug-likeness (QED) is 0.519. The van der Waals surface area contributed by atoms with Crippen LogP contribution < -0.4 is 4.74 Å². The van der Waals surface area contributed by atoms with E-state index in [1.54, 1.807) is 6.08 Å². The van der Waals surface area contributed by atoms with Crippen LogP contribution in [0, 0.1) is 0 Å². The Balaban J connectivity index is 1.43. The number of carbonyl (C=O) groups excluding carboxylic acids is 1. The molecule has 0 bridgehead atoms. The van der Waals surface area contributed by atoms with Gasteiger partial charge in [0.15, 0.2) is 0 Å². The summed E-state index contributed by atoms with van der Waals surface area (Å²) in [4.78, 5) is 17.8. The SMILES string of the molecule is CC(C)Oc1cccc(/C=C/C(=O)N2CC=C(c3c[nH]c4ccc(Cl)cc34)CC2)c1. The molecule has 4 rings (SSSR count). The highest BCUT2D eigenvalue weighted by Crippen LogP contribution is 2.31. The summed E-state index contributed by atoms with van der Waals surface area (Å²) >= 11 is 6.17.